The highest BCUT2D eigenvalue weighted by molar-refractivity contribution is 7.89. The van der Waals surface area contributed by atoms with Crippen LogP contribution in [0.2, 0.25) is 5.02 Å². The number of rotatable bonds is 2. The van der Waals surface area contributed by atoms with Gasteiger partial charge in [-0.05, 0) is 56.9 Å². The highest BCUT2D eigenvalue weighted by Crippen LogP contribution is 2.35. The Hall–Kier alpha value is -1.31. The van der Waals surface area contributed by atoms with E-state index in [0.29, 0.717) is 31.2 Å². The zero-order valence-electron chi connectivity index (χ0n) is 14.6. The van der Waals surface area contributed by atoms with Crippen LogP contribution in [0.15, 0.2) is 29.2 Å². The molecule has 0 bridgehead atoms. The van der Waals surface area contributed by atoms with E-state index in [-0.39, 0.29) is 22.8 Å². The van der Waals surface area contributed by atoms with Gasteiger partial charge in [0.25, 0.3) is 0 Å². The molecule has 138 valence electrons. The zero-order valence-corrected chi connectivity index (χ0v) is 16.2. The molecule has 2 unspecified atom stereocenters. The molecule has 0 aliphatic carbocycles. The lowest BCUT2D eigenvalue weighted by Gasteiger charge is -2.26. The maximum atomic E-state index is 12.8. The predicted molar refractivity (Wildman–Crippen MR) is 95.0 cm³/mol. The molecule has 0 spiro atoms. The highest BCUT2D eigenvalue weighted by Gasteiger charge is 2.46. The van der Waals surface area contributed by atoms with Gasteiger partial charge in [-0.1, -0.05) is 11.6 Å². The van der Waals surface area contributed by atoms with Crippen LogP contribution in [-0.2, 0) is 14.8 Å². The van der Waals surface area contributed by atoms with Gasteiger partial charge in [0.2, 0.25) is 10.0 Å². The average Bonchev–Trinajstić information content (AvgIpc) is 3.04. The van der Waals surface area contributed by atoms with Gasteiger partial charge >= 0.3 is 6.09 Å². The van der Waals surface area contributed by atoms with E-state index >= 15 is 0 Å². The van der Waals surface area contributed by atoms with Crippen LogP contribution in [0, 0.1) is 11.8 Å². The Morgan fingerprint density at radius 2 is 1.60 bits per heavy atom. The summed E-state index contributed by atoms with van der Waals surface area (Å²) < 4.78 is 32.4. The van der Waals surface area contributed by atoms with Crippen LogP contribution in [-0.4, -0.2) is 55.5 Å². The number of hydrogen-bond donors (Lipinski definition) is 0. The molecule has 2 atom stereocenters. The first-order chi connectivity index (χ1) is 11.6. The molecule has 0 N–H and O–H groups in total. The molecule has 0 radical (unpaired) electrons. The van der Waals surface area contributed by atoms with E-state index in [1.54, 1.807) is 17.0 Å². The fourth-order valence-electron chi connectivity index (χ4n) is 3.38. The Morgan fingerprint density at radius 1 is 1.08 bits per heavy atom. The molecule has 1 amide bonds. The molecule has 25 heavy (non-hydrogen) atoms. The number of hydrogen-bond acceptors (Lipinski definition) is 4. The van der Waals surface area contributed by atoms with Crippen molar-refractivity contribution in [2.24, 2.45) is 11.8 Å². The van der Waals surface area contributed by atoms with Gasteiger partial charge in [0, 0.05) is 31.2 Å². The van der Waals surface area contributed by atoms with Crippen molar-refractivity contribution in [3.63, 3.8) is 0 Å². The minimum absolute atomic E-state index is 0.148. The second kappa shape index (κ2) is 6.45. The molecular formula is C17H23ClN2O4S. The van der Waals surface area contributed by atoms with Gasteiger partial charge in [-0.15, -0.1) is 0 Å². The van der Waals surface area contributed by atoms with Gasteiger partial charge in [-0.25, -0.2) is 13.2 Å². The summed E-state index contributed by atoms with van der Waals surface area (Å²) in [5, 5.41) is 0.505. The van der Waals surface area contributed by atoms with Gasteiger partial charge in [-0.2, -0.15) is 4.31 Å². The van der Waals surface area contributed by atoms with Crippen molar-refractivity contribution in [1.82, 2.24) is 9.21 Å². The molecule has 2 fully saturated rings. The predicted octanol–water partition coefficient (Wildman–Crippen LogP) is 2.83. The molecule has 6 nitrogen and oxygen atoms in total. The number of benzene rings is 1. The Kier molecular flexibility index (Phi) is 4.77. The van der Waals surface area contributed by atoms with Crippen molar-refractivity contribution in [3.05, 3.63) is 29.3 Å². The van der Waals surface area contributed by atoms with Crippen molar-refractivity contribution in [3.8, 4) is 0 Å². The molecule has 1 aromatic carbocycles. The SMILES string of the molecule is CC(C)(C)OC(=O)N1CC2CN(S(=O)(=O)c3ccc(Cl)cc3)CC2C1. The first-order valence-electron chi connectivity index (χ1n) is 8.30. The highest BCUT2D eigenvalue weighted by atomic mass is 35.5. The molecule has 2 aliphatic rings. The summed E-state index contributed by atoms with van der Waals surface area (Å²) >= 11 is 5.83. The van der Waals surface area contributed by atoms with Crippen LogP contribution in [0.1, 0.15) is 20.8 Å². The van der Waals surface area contributed by atoms with Crippen LogP contribution in [0.5, 0.6) is 0 Å². The molecule has 2 heterocycles. The molecular weight excluding hydrogens is 364 g/mol. The maximum absolute atomic E-state index is 12.8. The number of ether oxygens (including phenoxy) is 1. The molecule has 0 aromatic heterocycles. The van der Waals surface area contributed by atoms with Crippen molar-refractivity contribution >= 4 is 27.7 Å². The second-order valence-electron chi connectivity index (χ2n) is 7.68. The summed E-state index contributed by atoms with van der Waals surface area (Å²) in [4.78, 5) is 14.1. The molecule has 2 aliphatic heterocycles. The van der Waals surface area contributed by atoms with E-state index in [0.717, 1.165) is 0 Å². The number of sulfonamides is 1. The van der Waals surface area contributed by atoms with Crippen LogP contribution in [0.3, 0.4) is 0 Å². The summed E-state index contributed by atoms with van der Waals surface area (Å²) in [6.07, 6.45) is -0.325. The number of nitrogens with zero attached hydrogens (tertiary/aromatic N) is 2. The first kappa shape index (κ1) is 18.5. The summed E-state index contributed by atoms with van der Waals surface area (Å²) in [7, 11) is -3.52. The van der Waals surface area contributed by atoms with E-state index in [1.807, 2.05) is 20.8 Å². The molecule has 2 saturated heterocycles. The molecule has 0 saturated carbocycles. The van der Waals surface area contributed by atoms with Crippen LogP contribution in [0.25, 0.3) is 0 Å². The summed E-state index contributed by atoms with van der Waals surface area (Å²) in [6.45, 7) is 7.43. The van der Waals surface area contributed by atoms with Gasteiger partial charge in [0.15, 0.2) is 0 Å². The zero-order chi connectivity index (χ0) is 18.4. The maximum Gasteiger partial charge on any atom is 0.410 e. The topological polar surface area (TPSA) is 66.9 Å². The van der Waals surface area contributed by atoms with Gasteiger partial charge in [-0.3, -0.25) is 0 Å². The smallest absolute Gasteiger partial charge is 0.410 e. The second-order valence-corrected chi connectivity index (χ2v) is 10.1. The normalized spacial score (nSPS) is 24.4. The monoisotopic (exact) mass is 386 g/mol. The molecule has 8 heteroatoms. The summed E-state index contributed by atoms with van der Waals surface area (Å²) in [5.74, 6) is 0.296. The third-order valence-electron chi connectivity index (χ3n) is 4.56. The quantitative estimate of drug-likeness (QED) is 0.783. The Morgan fingerprint density at radius 3 is 2.08 bits per heavy atom. The van der Waals surface area contributed by atoms with E-state index < -0.39 is 15.6 Å². The first-order valence-corrected chi connectivity index (χ1v) is 10.1. The van der Waals surface area contributed by atoms with Crippen molar-refractivity contribution < 1.29 is 17.9 Å². The van der Waals surface area contributed by atoms with Crippen LogP contribution >= 0.6 is 11.6 Å². The lowest BCUT2D eigenvalue weighted by atomic mass is 10.0. The van der Waals surface area contributed by atoms with E-state index in [1.165, 1.54) is 16.4 Å². The molecule has 3 rings (SSSR count). The van der Waals surface area contributed by atoms with E-state index in [4.69, 9.17) is 16.3 Å². The summed E-state index contributed by atoms with van der Waals surface area (Å²) in [6, 6.07) is 6.21. The van der Waals surface area contributed by atoms with E-state index in [2.05, 4.69) is 0 Å². The van der Waals surface area contributed by atoms with Gasteiger partial charge in [0.1, 0.15) is 5.60 Å². The lowest BCUT2D eigenvalue weighted by molar-refractivity contribution is 0.0279. The average molecular weight is 387 g/mol. The fraction of sp³-hybridized carbons (Fsp3) is 0.588. The van der Waals surface area contributed by atoms with Crippen molar-refractivity contribution in [2.75, 3.05) is 26.2 Å². The standard InChI is InChI=1S/C17H23ClN2O4S/c1-17(2,3)24-16(21)19-8-12-10-20(11-13(12)9-19)25(22,23)15-6-4-14(18)5-7-15/h4-7,12-13H,8-11H2,1-3H3. The number of halogens is 1. The lowest BCUT2D eigenvalue weighted by Crippen LogP contribution is -2.38. The molecule has 1 aromatic rings. The third-order valence-corrected chi connectivity index (χ3v) is 6.65. The van der Waals surface area contributed by atoms with E-state index in [9.17, 15) is 13.2 Å². The van der Waals surface area contributed by atoms with Crippen molar-refractivity contribution in [1.29, 1.82) is 0 Å². The number of carbonyl (C=O) groups is 1. The van der Waals surface area contributed by atoms with Gasteiger partial charge < -0.3 is 9.64 Å². The number of fused-ring (bicyclic) bond motifs is 1. The van der Waals surface area contributed by atoms with Crippen LogP contribution in [0.4, 0.5) is 4.79 Å². The number of carbonyl (C=O) groups excluding carboxylic acids is 1. The summed E-state index contributed by atoms with van der Waals surface area (Å²) in [5.41, 5.74) is -0.529. The number of likely N-dealkylation sites (tertiary alicyclic amines) is 1. The fourth-order valence-corrected chi connectivity index (χ4v) is 5.06. The van der Waals surface area contributed by atoms with Crippen molar-refractivity contribution in [2.45, 2.75) is 31.3 Å². The van der Waals surface area contributed by atoms with Crippen LogP contribution < -0.4 is 0 Å². The Bertz CT molecular complexity index is 744. The minimum Gasteiger partial charge on any atom is -0.444 e. The Balaban J connectivity index is 1.65. The number of amides is 1. The Labute approximate surface area is 153 Å². The largest absolute Gasteiger partial charge is 0.444 e. The third kappa shape index (κ3) is 3.93. The van der Waals surface area contributed by atoms with Gasteiger partial charge in [0.05, 0.1) is 4.90 Å². The minimum atomic E-state index is -3.52.